The number of likely N-dealkylation sites (tertiary alicyclic amines) is 1. The maximum absolute atomic E-state index is 14.2. The highest BCUT2D eigenvalue weighted by molar-refractivity contribution is 6.33. The molecule has 1 saturated heterocycles. The van der Waals surface area contributed by atoms with Crippen molar-refractivity contribution in [3.63, 3.8) is 0 Å². The molecule has 1 aromatic heterocycles. The number of carbonyl (C=O) groups excluding carboxylic acids is 1. The molecule has 6 nitrogen and oxygen atoms in total. The Morgan fingerprint density at radius 3 is 2.54 bits per heavy atom. The zero-order valence-corrected chi connectivity index (χ0v) is 22.8. The minimum Gasteiger partial charge on any atom is -0.360 e. The summed E-state index contributed by atoms with van der Waals surface area (Å²) < 4.78 is 5.53. The van der Waals surface area contributed by atoms with Gasteiger partial charge in [0.25, 0.3) is 5.91 Å². The van der Waals surface area contributed by atoms with E-state index in [0.717, 1.165) is 38.2 Å². The Hall–Kier alpha value is -3.92. The van der Waals surface area contributed by atoms with Gasteiger partial charge in [0.1, 0.15) is 17.0 Å². The molecule has 2 aliphatic rings. The van der Waals surface area contributed by atoms with Crippen molar-refractivity contribution in [2.75, 3.05) is 24.5 Å². The lowest BCUT2D eigenvalue weighted by atomic mass is 9.74. The first-order valence-corrected chi connectivity index (χ1v) is 13.6. The third kappa shape index (κ3) is 4.52. The van der Waals surface area contributed by atoms with Crippen molar-refractivity contribution < 1.29 is 9.32 Å². The number of anilines is 1. The lowest BCUT2D eigenvalue weighted by Gasteiger charge is -2.40. The van der Waals surface area contributed by atoms with Crippen LogP contribution in [-0.2, 0) is 12.0 Å². The standard InChI is InChI=1S/C32H29ClN4O2/c1-21-7-12-28-26(17-21)32(13-15-36(16-14-32)19-24-10-8-23(18-34)9-11-24)20-37(28)31(38)29-22(2)39-35-30(29)25-5-3-4-6-27(25)33/h3-12,17H,13-16,19-20H2,1-2H3. The van der Waals surface area contributed by atoms with Crippen molar-refractivity contribution in [1.29, 1.82) is 5.26 Å². The van der Waals surface area contributed by atoms with Crippen LogP contribution in [0.15, 0.2) is 71.3 Å². The monoisotopic (exact) mass is 536 g/mol. The van der Waals surface area contributed by atoms with Crippen LogP contribution in [0.5, 0.6) is 0 Å². The maximum Gasteiger partial charge on any atom is 0.264 e. The molecular formula is C32H29ClN4O2. The summed E-state index contributed by atoms with van der Waals surface area (Å²) in [6.45, 7) is 7.25. The third-order valence-corrected chi connectivity index (χ3v) is 8.56. The second-order valence-corrected chi connectivity index (χ2v) is 11.1. The number of fused-ring (bicyclic) bond motifs is 2. The zero-order valence-electron chi connectivity index (χ0n) is 22.1. The normalized spacial score (nSPS) is 16.3. The number of hydrogen-bond acceptors (Lipinski definition) is 5. The van der Waals surface area contributed by atoms with Crippen LogP contribution in [0.2, 0.25) is 5.02 Å². The number of hydrogen-bond donors (Lipinski definition) is 0. The minimum absolute atomic E-state index is 0.103. The van der Waals surface area contributed by atoms with Crippen LogP contribution in [-0.4, -0.2) is 35.6 Å². The molecule has 1 fully saturated rings. The molecule has 39 heavy (non-hydrogen) atoms. The molecule has 1 spiro atoms. The Labute approximate surface area is 233 Å². The lowest BCUT2D eigenvalue weighted by Crippen LogP contribution is -2.45. The summed E-state index contributed by atoms with van der Waals surface area (Å²) in [6, 6.07) is 23.8. The molecule has 0 radical (unpaired) electrons. The van der Waals surface area contributed by atoms with E-state index in [1.165, 1.54) is 16.7 Å². The third-order valence-electron chi connectivity index (χ3n) is 8.23. The van der Waals surface area contributed by atoms with Crippen molar-refractivity contribution in [1.82, 2.24) is 10.1 Å². The summed E-state index contributed by atoms with van der Waals surface area (Å²) in [4.78, 5) is 18.6. The number of amides is 1. The second kappa shape index (κ2) is 10.00. The Morgan fingerprint density at radius 2 is 1.82 bits per heavy atom. The van der Waals surface area contributed by atoms with Crippen molar-refractivity contribution >= 4 is 23.2 Å². The van der Waals surface area contributed by atoms with E-state index in [1.54, 1.807) is 13.0 Å². The van der Waals surface area contributed by atoms with Gasteiger partial charge in [-0.1, -0.05) is 64.8 Å². The van der Waals surface area contributed by atoms with E-state index in [2.05, 4.69) is 41.2 Å². The molecule has 0 bridgehead atoms. The quantitative estimate of drug-likeness (QED) is 0.291. The van der Waals surface area contributed by atoms with Crippen molar-refractivity contribution in [3.8, 4) is 17.3 Å². The number of piperidine rings is 1. The summed E-state index contributed by atoms with van der Waals surface area (Å²) in [5.74, 6) is 0.382. The Kier molecular flexibility index (Phi) is 6.50. The molecule has 3 aromatic carbocycles. The molecule has 4 aromatic rings. The maximum atomic E-state index is 14.2. The van der Waals surface area contributed by atoms with Gasteiger partial charge in [0, 0.05) is 29.8 Å². The number of carbonyl (C=O) groups is 1. The minimum atomic E-state index is -0.106. The van der Waals surface area contributed by atoms with Gasteiger partial charge in [-0.05, 0) is 75.2 Å². The molecular weight excluding hydrogens is 508 g/mol. The molecule has 1 amide bonds. The largest absolute Gasteiger partial charge is 0.360 e. The molecule has 0 atom stereocenters. The van der Waals surface area contributed by atoms with E-state index in [1.807, 2.05) is 47.4 Å². The summed E-state index contributed by atoms with van der Waals surface area (Å²) in [5, 5.41) is 13.9. The number of halogens is 1. The fraction of sp³-hybridized carbons (Fsp3) is 0.281. The number of aryl methyl sites for hydroxylation is 2. The van der Waals surface area contributed by atoms with Gasteiger partial charge in [0.05, 0.1) is 16.7 Å². The Morgan fingerprint density at radius 1 is 1.08 bits per heavy atom. The lowest BCUT2D eigenvalue weighted by molar-refractivity contribution is 0.0974. The van der Waals surface area contributed by atoms with E-state index >= 15 is 0 Å². The van der Waals surface area contributed by atoms with Crippen LogP contribution in [0, 0.1) is 25.2 Å². The van der Waals surface area contributed by atoms with E-state index in [-0.39, 0.29) is 11.3 Å². The summed E-state index contributed by atoms with van der Waals surface area (Å²) in [6.07, 6.45) is 1.92. The average molecular weight is 537 g/mol. The molecule has 7 heteroatoms. The topological polar surface area (TPSA) is 73.4 Å². The molecule has 6 rings (SSSR count). The van der Waals surface area contributed by atoms with Gasteiger partial charge in [0.2, 0.25) is 0 Å². The number of rotatable bonds is 4. The first-order chi connectivity index (χ1) is 18.9. The number of nitrogens with zero attached hydrogens (tertiary/aromatic N) is 4. The first kappa shape index (κ1) is 25.4. The molecule has 3 heterocycles. The molecule has 2 aliphatic heterocycles. The number of benzene rings is 3. The number of nitriles is 1. The Bertz CT molecular complexity index is 1590. The van der Waals surface area contributed by atoms with Crippen molar-refractivity contribution in [2.24, 2.45) is 0 Å². The van der Waals surface area contributed by atoms with Crippen LogP contribution < -0.4 is 4.90 Å². The predicted molar refractivity (Wildman–Crippen MR) is 152 cm³/mol. The van der Waals surface area contributed by atoms with E-state index < -0.39 is 0 Å². The summed E-state index contributed by atoms with van der Waals surface area (Å²) >= 11 is 6.48. The molecule has 0 saturated carbocycles. The highest BCUT2D eigenvalue weighted by Gasteiger charge is 2.47. The van der Waals surface area contributed by atoms with Crippen LogP contribution in [0.3, 0.4) is 0 Å². The zero-order chi connectivity index (χ0) is 27.1. The number of aromatic nitrogens is 1. The van der Waals surface area contributed by atoms with Gasteiger partial charge in [0.15, 0.2) is 0 Å². The first-order valence-electron chi connectivity index (χ1n) is 13.2. The van der Waals surface area contributed by atoms with Crippen LogP contribution in [0.25, 0.3) is 11.3 Å². The Balaban J connectivity index is 1.28. The summed E-state index contributed by atoms with van der Waals surface area (Å²) in [5.41, 5.74) is 6.83. The van der Waals surface area contributed by atoms with E-state index in [4.69, 9.17) is 21.4 Å². The molecule has 0 unspecified atom stereocenters. The van der Waals surface area contributed by atoms with Crippen LogP contribution in [0.4, 0.5) is 5.69 Å². The van der Waals surface area contributed by atoms with Crippen LogP contribution in [0.1, 0.15) is 51.2 Å². The summed E-state index contributed by atoms with van der Waals surface area (Å²) in [7, 11) is 0. The van der Waals surface area contributed by atoms with Crippen LogP contribution >= 0.6 is 11.6 Å². The highest BCUT2D eigenvalue weighted by atomic mass is 35.5. The van der Waals surface area contributed by atoms with Gasteiger partial charge >= 0.3 is 0 Å². The molecule has 196 valence electrons. The van der Waals surface area contributed by atoms with Gasteiger partial charge in [-0.3, -0.25) is 9.69 Å². The predicted octanol–water partition coefficient (Wildman–Crippen LogP) is 6.68. The van der Waals surface area contributed by atoms with Gasteiger partial charge in [-0.25, -0.2) is 0 Å². The fourth-order valence-corrected chi connectivity index (χ4v) is 6.30. The van der Waals surface area contributed by atoms with E-state index in [9.17, 15) is 4.79 Å². The van der Waals surface area contributed by atoms with Gasteiger partial charge in [-0.2, -0.15) is 5.26 Å². The van der Waals surface area contributed by atoms with Gasteiger partial charge in [-0.15, -0.1) is 0 Å². The molecule has 0 N–H and O–H groups in total. The molecule has 0 aliphatic carbocycles. The highest BCUT2D eigenvalue weighted by Crippen LogP contribution is 2.48. The SMILES string of the molecule is Cc1ccc2c(c1)C1(CCN(Cc3ccc(C#N)cc3)CC1)CN2C(=O)c1c(-c2ccccc2Cl)noc1C. The fourth-order valence-electron chi connectivity index (χ4n) is 6.07. The van der Waals surface area contributed by atoms with Crippen molar-refractivity contribution in [3.05, 3.63) is 105 Å². The average Bonchev–Trinajstić information content (AvgIpc) is 3.48. The second-order valence-electron chi connectivity index (χ2n) is 10.7. The van der Waals surface area contributed by atoms with Crippen molar-refractivity contribution in [2.45, 2.75) is 38.6 Å². The van der Waals surface area contributed by atoms with E-state index in [0.29, 0.717) is 39.7 Å². The smallest absolute Gasteiger partial charge is 0.264 e. The van der Waals surface area contributed by atoms with Gasteiger partial charge < -0.3 is 9.42 Å².